The highest BCUT2D eigenvalue weighted by Crippen LogP contribution is 2.37. The summed E-state index contributed by atoms with van der Waals surface area (Å²) < 4.78 is 5.48. The highest BCUT2D eigenvalue weighted by atomic mass is 31.0. The Kier molecular flexibility index (Phi) is 2.39. The van der Waals surface area contributed by atoms with Crippen molar-refractivity contribution in [1.29, 1.82) is 0 Å². The van der Waals surface area contributed by atoms with Gasteiger partial charge in [0.1, 0.15) is 5.76 Å². The van der Waals surface area contributed by atoms with Crippen molar-refractivity contribution in [2.75, 3.05) is 0 Å². The SMILES string of the molecule is c1coc(-c2ccc3c(ccc4ccccc43)p2)c1. The summed E-state index contributed by atoms with van der Waals surface area (Å²) in [6, 6.07) is 21.2. The molecule has 1 nitrogen and oxygen atoms in total. The van der Waals surface area contributed by atoms with E-state index >= 15 is 0 Å². The van der Waals surface area contributed by atoms with Gasteiger partial charge in [-0.2, -0.15) is 0 Å². The monoisotopic (exact) mass is 262 g/mol. The van der Waals surface area contributed by atoms with E-state index in [9.17, 15) is 0 Å². The number of hydrogen-bond acceptors (Lipinski definition) is 1. The molecule has 4 aromatic rings. The third-order valence-corrected chi connectivity index (χ3v) is 4.61. The van der Waals surface area contributed by atoms with Crippen LogP contribution in [-0.2, 0) is 0 Å². The van der Waals surface area contributed by atoms with Crippen molar-refractivity contribution in [3.05, 3.63) is 66.9 Å². The predicted molar refractivity (Wildman–Crippen MR) is 81.7 cm³/mol. The minimum atomic E-state index is 0.955. The van der Waals surface area contributed by atoms with Crippen LogP contribution in [0.4, 0.5) is 0 Å². The fourth-order valence-electron chi connectivity index (χ4n) is 2.45. The standard InChI is InChI=1S/C17H11OP/c1-2-5-13-12(4-1)7-9-16-14(13)8-10-17(19-16)15-6-3-11-18-15/h1-11H. The zero-order valence-electron chi connectivity index (χ0n) is 10.2. The van der Waals surface area contributed by atoms with Crippen molar-refractivity contribution in [3.8, 4) is 11.1 Å². The molecule has 0 bridgehead atoms. The maximum absolute atomic E-state index is 5.48. The Balaban J connectivity index is 2.03. The molecule has 4 rings (SSSR count). The van der Waals surface area contributed by atoms with Crippen molar-refractivity contribution < 1.29 is 4.42 Å². The van der Waals surface area contributed by atoms with E-state index in [0.717, 1.165) is 5.76 Å². The molecule has 0 saturated heterocycles. The van der Waals surface area contributed by atoms with Crippen LogP contribution in [0.1, 0.15) is 0 Å². The van der Waals surface area contributed by atoms with E-state index in [1.807, 2.05) is 12.1 Å². The Morgan fingerprint density at radius 2 is 1.68 bits per heavy atom. The molecule has 2 heteroatoms. The van der Waals surface area contributed by atoms with Crippen LogP contribution in [0.2, 0.25) is 0 Å². The van der Waals surface area contributed by atoms with Gasteiger partial charge in [-0.1, -0.05) is 44.6 Å². The van der Waals surface area contributed by atoms with Crippen LogP contribution in [0.15, 0.2) is 71.3 Å². The van der Waals surface area contributed by atoms with Crippen LogP contribution in [0.3, 0.4) is 0 Å². The molecule has 0 unspecified atom stereocenters. The van der Waals surface area contributed by atoms with Gasteiger partial charge in [0.2, 0.25) is 0 Å². The van der Waals surface area contributed by atoms with E-state index in [1.165, 1.54) is 34.8 Å². The van der Waals surface area contributed by atoms with Gasteiger partial charge in [0.15, 0.2) is 0 Å². The van der Waals surface area contributed by atoms with E-state index < -0.39 is 0 Å². The molecule has 0 amide bonds. The third kappa shape index (κ3) is 1.75. The van der Waals surface area contributed by atoms with Crippen molar-refractivity contribution >= 4 is 29.5 Å². The molecule has 0 spiro atoms. The fraction of sp³-hybridized carbons (Fsp3) is 0. The third-order valence-electron chi connectivity index (χ3n) is 3.37. The summed E-state index contributed by atoms with van der Waals surface area (Å²) >= 11 is 0. The normalized spacial score (nSPS) is 11.6. The molecule has 0 saturated carbocycles. The van der Waals surface area contributed by atoms with E-state index in [-0.39, 0.29) is 0 Å². The van der Waals surface area contributed by atoms with E-state index in [0.29, 0.717) is 0 Å². The van der Waals surface area contributed by atoms with Crippen molar-refractivity contribution in [2.24, 2.45) is 0 Å². The second-order valence-electron chi connectivity index (χ2n) is 4.53. The molecule has 0 aliphatic rings. The lowest BCUT2D eigenvalue weighted by Gasteiger charge is -2.04. The minimum absolute atomic E-state index is 0.955. The van der Waals surface area contributed by atoms with Crippen molar-refractivity contribution in [1.82, 2.24) is 0 Å². The largest absolute Gasteiger partial charge is 0.464 e. The molecular formula is C17H11OP. The molecule has 90 valence electrons. The van der Waals surface area contributed by atoms with Gasteiger partial charge in [-0.15, -0.1) is 0 Å². The second-order valence-corrected chi connectivity index (χ2v) is 5.71. The lowest BCUT2D eigenvalue weighted by molar-refractivity contribution is 0.584. The second kappa shape index (κ2) is 4.22. The Morgan fingerprint density at radius 3 is 2.58 bits per heavy atom. The first-order valence-corrected chi connectivity index (χ1v) is 7.14. The zero-order chi connectivity index (χ0) is 12.7. The number of hydrogen-bond donors (Lipinski definition) is 0. The quantitative estimate of drug-likeness (QED) is 0.393. The van der Waals surface area contributed by atoms with Gasteiger partial charge in [0.05, 0.1) is 6.26 Å². The van der Waals surface area contributed by atoms with Gasteiger partial charge >= 0.3 is 0 Å². The number of rotatable bonds is 1. The average Bonchev–Trinajstić information content (AvgIpc) is 3.01. The fourth-order valence-corrected chi connectivity index (χ4v) is 3.56. The van der Waals surface area contributed by atoms with Crippen molar-refractivity contribution in [2.45, 2.75) is 0 Å². The summed E-state index contributed by atoms with van der Waals surface area (Å²) in [5, 5.41) is 6.50. The molecule has 0 fully saturated rings. The lowest BCUT2D eigenvalue weighted by Crippen LogP contribution is -1.76. The van der Waals surface area contributed by atoms with Gasteiger partial charge in [-0.25, -0.2) is 0 Å². The molecular weight excluding hydrogens is 251 g/mol. The molecule has 2 aromatic heterocycles. The molecule has 0 N–H and O–H groups in total. The summed E-state index contributed by atoms with van der Waals surface area (Å²) in [6.45, 7) is 0. The molecule has 0 aliphatic carbocycles. The van der Waals surface area contributed by atoms with Crippen LogP contribution in [-0.4, -0.2) is 0 Å². The summed E-state index contributed by atoms with van der Waals surface area (Å²) in [4.78, 5) is 0. The molecule has 0 aliphatic heterocycles. The molecule has 0 radical (unpaired) electrons. The van der Waals surface area contributed by atoms with E-state index in [1.54, 1.807) is 6.26 Å². The van der Waals surface area contributed by atoms with Gasteiger partial charge in [-0.05, 0) is 40.4 Å². The van der Waals surface area contributed by atoms with Crippen LogP contribution < -0.4 is 0 Å². The summed E-state index contributed by atoms with van der Waals surface area (Å²) in [6.07, 6.45) is 1.72. The summed E-state index contributed by atoms with van der Waals surface area (Å²) in [5.41, 5.74) is 0. The predicted octanol–water partition coefficient (Wildman–Crippen LogP) is 5.83. The van der Waals surface area contributed by atoms with E-state index in [4.69, 9.17) is 4.42 Å². The van der Waals surface area contributed by atoms with Crippen molar-refractivity contribution in [3.63, 3.8) is 0 Å². The number of furan rings is 1. The maximum Gasteiger partial charge on any atom is 0.138 e. The minimum Gasteiger partial charge on any atom is -0.464 e. The van der Waals surface area contributed by atoms with Crippen LogP contribution in [0.25, 0.3) is 32.3 Å². The average molecular weight is 262 g/mol. The Bertz CT molecular complexity index is 863. The van der Waals surface area contributed by atoms with Gasteiger partial charge < -0.3 is 4.42 Å². The highest BCUT2D eigenvalue weighted by molar-refractivity contribution is 7.40. The zero-order valence-corrected chi connectivity index (χ0v) is 11.1. The molecule has 19 heavy (non-hydrogen) atoms. The van der Waals surface area contributed by atoms with Crippen LogP contribution in [0, 0.1) is 0 Å². The Labute approximate surface area is 112 Å². The van der Waals surface area contributed by atoms with E-state index in [2.05, 4.69) is 48.5 Å². The van der Waals surface area contributed by atoms with Gasteiger partial charge in [0, 0.05) is 10.4 Å². The van der Waals surface area contributed by atoms with Crippen LogP contribution in [0.5, 0.6) is 0 Å². The first-order chi connectivity index (χ1) is 9.42. The molecule has 2 aromatic carbocycles. The first-order valence-electron chi connectivity index (χ1n) is 6.24. The smallest absolute Gasteiger partial charge is 0.138 e. The van der Waals surface area contributed by atoms with Crippen LogP contribution >= 0.6 is 8.19 Å². The highest BCUT2D eigenvalue weighted by Gasteiger charge is 2.05. The first kappa shape index (κ1) is 10.8. The topological polar surface area (TPSA) is 13.1 Å². The summed E-state index contributed by atoms with van der Waals surface area (Å²) in [7, 11) is 1.21. The lowest BCUT2D eigenvalue weighted by atomic mass is 10.1. The molecule has 0 atom stereocenters. The Hall–Kier alpha value is -2.11. The van der Waals surface area contributed by atoms with Gasteiger partial charge in [-0.3, -0.25) is 0 Å². The summed E-state index contributed by atoms with van der Waals surface area (Å²) in [5.74, 6) is 0.955. The number of benzene rings is 2. The molecule has 2 heterocycles. The van der Waals surface area contributed by atoms with Gasteiger partial charge in [0.25, 0.3) is 0 Å². The maximum atomic E-state index is 5.48. The Morgan fingerprint density at radius 1 is 0.737 bits per heavy atom. The number of fused-ring (bicyclic) bond motifs is 3.